The summed E-state index contributed by atoms with van der Waals surface area (Å²) in [6.45, 7) is 2.63. The number of H-pyrrole nitrogens is 1. The maximum absolute atomic E-state index is 13.3. The SMILES string of the molecule is C[C@@H](CO[C@H]1CCCN(C2CCN3c4ncc(C(F)(F)F)cc4OC[C@@H]3C2)C1=O)Nc1cn[nH]c(=O)c1C(F)(F)F. The van der Waals surface area contributed by atoms with Crippen molar-refractivity contribution in [3.05, 3.63) is 39.9 Å². The van der Waals surface area contributed by atoms with Crippen molar-refractivity contribution in [1.82, 2.24) is 20.1 Å². The van der Waals surface area contributed by atoms with E-state index in [-0.39, 0.29) is 37.0 Å². The molecule has 224 valence electrons. The van der Waals surface area contributed by atoms with Gasteiger partial charge in [0.05, 0.1) is 30.1 Å². The molecule has 1 amide bonds. The lowest BCUT2D eigenvalue weighted by molar-refractivity contribution is -0.151. The lowest BCUT2D eigenvalue weighted by Gasteiger charge is -2.47. The highest BCUT2D eigenvalue weighted by Gasteiger charge is 2.42. The molecule has 0 saturated carbocycles. The van der Waals surface area contributed by atoms with Crippen molar-refractivity contribution in [3.8, 4) is 5.75 Å². The first kappa shape index (κ1) is 29.0. The number of rotatable bonds is 6. The Bertz CT molecular complexity index is 1330. The minimum absolute atomic E-state index is 0.0815. The fourth-order valence-corrected chi connectivity index (χ4v) is 5.59. The molecule has 0 radical (unpaired) electrons. The summed E-state index contributed by atoms with van der Waals surface area (Å²) >= 11 is 0. The number of halogens is 6. The molecular formula is C25H28F6N6O4. The lowest BCUT2D eigenvalue weighted by Crippen LogP contribution is -2.58. The van der Waals surface area contributed by atoms with Crippen LogP contribution in [0, 0.1) is 0 Å². The van der Waals surface area contributed by atoms with Gasteiger partial charge in [0.15, 0.2) is 11.6 Å². The number of aromatic nitrogens is 3. The zero-order valence-corrected chi connectivity index (χ0v) is 21.9. The molecule has 0 bridgehead atoms. The maximum atomic E-state index is 13.3. The Hall–Kier alpha value is -3.56. The number of hydrogen-bond donors (Lipinski definition) is 2. The molecule has 2 fully saturated rings. The molecule has 1 unspecified atom stereocenters. The second-order valence-corrected chi connectivity index (χ2v) is 10.4. The van der Waals surface area contributed by atoms with Gasteiger partial charge in [0.1, 0.15) is 18.3 Å². The van der Waals surface area contributed by atoms with Crippen LogP contribution >= 0.6 is 0 Å². The molecule has 3 aliphatic heterocycles. The predicted molar refractivity (Wildman–Crippen MR) is 133 cm³/mol. The molecule has 2 N–H and O–H groups in total. The number of anilines is 2. The van der Waals surface area contributed by atoms with Gasteiger partial charge in [0.25, 0.3) is 11.5 Å². The monoisotopic (exact) mass is 590 g/mol. The minimum Gasteiger partial charge on any atom is -0.488 e. The Balaban J connectivity index is 1.18. The molecule has 4 atom stereocenters. The highest BCUT2D eigenvalue weighted by molar-refractivity contribution is 5.82. The Morgan fingerprint density at radius 1 is 1.10 bits per heavy atom. The van der Waals surface area contributed by atoms with Crippen LogP contribution in [0.5, 0.6) is 5.75 Å². The van der Waals surface area contributed by atoms with Crippen molar-refractivity contribution in [3.63, 3.8) is 0 Å². The van der Waals surface area contributed by atoms with Crippen molar-refractivity contribution < 1.29 is 40.6 Å². The van der Waals surface area contributed by atoms with Crippen LogP contribution in [0.1, 0.15) is 43.7 Å². The third kappa shape index (κ3) is 6.06. The van der Waals surface area contributed by atoms with Crippen molar-refractivity contribution >= 4 is 17.4 Å². The largest absolute Gasteiger partial charge is 0.488 e. The average molecular weight is 591 g/mol. The normalized spacial score (nSPS) is 23.9. The van der Waals surface area contributed by atoms with E-state index in [0.717, 1.165) is 18.5 Å². The zero-order valence-electron chi connectivity index (χ0n) is 21.9. The third-order valence-electron chi connectivity index (χ3n) is 7.51. The number of pyridine rings is 1. The molecule has 10 nitrogen and oxygen atoms in total. The summed E-state index contributed by atoms with van der Waals surface area (Å²) in [4.78, 5) is 32.7. The molecule has 2 aromatic rings. The Morgan fingerprint density at radius 3 is 2.61 bits per heavy atom. The quantitative estimate of drug-likeness (QED) is 0.493. The number of alkyl halides is 6. The summed E-state index contributed by atoms with van der Waals surface area (Å²) in [5.41, 5.74) is -4.13. The summed E-state index contributed by atoms with van der Waals surface area (Å²) in [5, 5.41) is 7.80. The van der Waals surface area contributed by atoms with E-state index in [0.29, 0.717) is 44.6 Å². The van der Waals surface area contributed by atoms with Gasteiger partial charge in [-0.3, -0.25) is 9.59 Å². The zero-order chi connectivity index (χ0) is 29.5. The number of carbonyl (C=O) groups is 1. The van der Waals surface area contributed by atoms with Crippen molar-refractivity contribution in [2.75, 3.05) is 36.5 Å². The molecule has 41 heavy (non-hydrogen) atoms. The molecule has 0 spiro atoms. The molecule has 2 aromatic heterocycles. The lowest BCUT2D eigenvalue weighted by atomic mass is 9.92. The summed E-state index contributed by atoms with van der Waals surface area (Å²) in [6.07, 6.45) is -6.30. The van der Waals surface area contributed by atoms with E-state index < -0.39 is 46.9 Å². The van der Waals surface area contributed by atoms with Crippen LogP contribution in [0.2, 0.25) is 0 Å². The number of amides is 1. The Kier molecular flexibility index (Phi) is 7.78. The van der Waals surface area contributed by atoms with Gasteiger partial charge in [-0.05, 0) is 38.7 Å². The van der Waals surface area contributed by atoms with Gasteiger partial charge >= 0.3 is 12.4 Å². The van der Waals surface area contributed by atoms with Gasteiger partial charge in [-0.25, -0.2) is 10.1 Å². The number of piperidine rings is 2. The molecule has 0 aliphatic carbocycles. The van der Waals surface area contributed by atoms with Crippen LogP contribution in [0.4, 0.5) is 37.8 Å². The van der Waals surface area contributed by atoms with E-state index in [1.807, 2.05) is 4.90 Å². The van der Waals surface area contributed by atoms with Crippen LogP contribution in [0.25, 0.3) is 0 Å². The molecule has 5 heterocycles. The van der Waals surface area contributed by atoms with Gasteiger partial charge in [-0.2, -0.15) is 31.4 Å². The molecule has 5 rings (SSSR count). The molecule has 0 aromatic carbocycles. The van der Waals surface area contributed by atoms with Gasteiger partial charge in [0.2, 0.25) is 0 Å². The van der Waals surface area contributed by atoms with E-state index in [1.54, 1.807) is 16.9 Å². The van der Waals surface area contributed by atoms with Crippen molar-refractivity contribution in [2.45, 2.75) is 69.2 Å². The Morgan fingerprint density at radius 2 is 1.88 bits per heavy atom. The fourth-order valence-electron chi connectivity index (χ4n) is 5.59. The third-order valence-corrected chi connectivity index (χ3v) is 7.51. The van der Waals surface area contributed by atoms with E-state index >= 15 is 0 Å². The minimum atomic E-state index is -4.89. The van der Waals surface area contributed by atoms with Crippen molar-refractivity contribution in [1.29, 1.82) is 0 Å². The molecular weight excluding hydrogens is 562 g/mol. The second kappa shape index (κ2) is 11.0. The summed E-state index contributed by atoms with van der Waals surface area (Å²) < 4.78 is 90.6. The number of ether oxygens (including phenoxy) is 2. The van der Waals surface area contributed by atoms with E-state index in [9.17, 15) is 35.9 Å². The van der Waals surface area contributed by atoms with Gasteiger partial charge in [0, 0.05) is 31.4 Å². The number of hydrogen-bond acceptors (Lipinski definition) is 8. The van der Waals surface area contributed by atoms with Crippen LogP contribution in [0.3, 0.4) is 0 Å². The Labute approximate surface area is 230 Å². The number of fused-ring (bicyclic) bond motifs is 3. The van der Waals surface area contributed by atoms with Crippen LogP contribution in [-0.2, 0) is 21.9 Å². The fraction of sp³-hybridized carbons (Fsp3) is 0.600. The first-order valence-electron chi connectivity index (χ1n) is 13.1. The summed E-state index contributed by atoms with van der Waals surface area (Å²) in [6, 6.07) is -0.0284. The predicted octanol–water partition coefficient (Wildman–Crippen LogP) is 3.44. The van der Waals surface area contributed by atoms with E-state index in [4.69, 9.17) is 9.47 Å². The average Bonchev–Trinajstić information content (AvgIpc) is 2.90. The standard InChI is InChI=1S/C25H28F6N6O4/c1-13(34-17-10-33-35-22(38)20(17)25(29,30)31)11-40-18-3-2-5-37(23(18)39)15-4-6-36-16(8-15)12-41-19-7-14(24(26,27)28)9-32-21(19)36/h7,9-10,13,15-16,18H,2-6,8,11-12H2,1H3,(H2,34,35,38)/t13-,15?,16-,18-/m0/s1. The van der Waals surface area contributed by atoms with E-state index in [1.165, 1.54) is 0 Å². The summed E-state index contributed by atoms with van der Waals surface area (Å²) in [7, 11) is 0. The van der Waals surface area contributed by atoms with Gasteiger partial charge in [-0.1, -0.05) is 0 Å². The summed E-state index contributed by atoms with van der Waals surface area (Å²) in [5.74, 6) is 0.212. The van der Waals surface area contributed by atoms with Crippen molar-refractivity contribution in [2.24, 2.45) is 0 Å². The topological polar surface area (TPSA) is 113 Å². The maximum Gasteiger partial charge on any atom is 0.423 e. The number of nitrogens with zero attached hydrogens (tertiary/aromatic N) is 4. The van der Waals surface area contributed by atoms with Gasteiger partial charge in [-0.15, -0.1) is 0 Å². The van der Waals surface area contributed by atoms with Crippen LogP contribution in [0.15, 0.2) is 23.3 Å². The number of nitrogens with one attached hydrogen (secondary N) is 2. The van der Waals surface area contributed by atoms with Gasteiger partial charge < -0.3 is 24.6 Å². The first-order chi connectivity index (χ1) is 19.3. The highest BCUT2D eigenvalue weighted by atomic mass is 19.4. The number of likely N-dealkylation sites (tertiary alicyclic amines) is 1. The smallest absolute Gasteiger partial charge is 0.423 e. The molecule has 3 aliphatic rings. The van der Waals surface area contributed by atoms with Crippen LogP contribution < -0.4 is 20.5 Å². The molecule has 2 saturated heterocycles. The highest BCUT2D eigenvalue weighted by Crippen LogP contribution is 2.40. The molecule has 16 heteroatoms. The van der Waals surface area contributed by atoms with Crippen LogP contribution in [-0.4, -0.2) is 76.5 Å². The number of aromatic amines is 1. The first-order valence-corrected chi connectivity index (χ1v) is 13.1. The second-order valence-electron chi connectivity index (χ2n) is 10.4. The van der Waals surface area contributed by atoms with E-state index in [2.05, 4.69) is 15.4 Å². The number of carbonyl (C=O) groups excluding carboxylic acids is 1.